The molecule has 2 aliphatic heterocycles. The van der Waals surface area contributed by atoms with E-state index in [1.165, 1.54) is 18.4 Å². The van der Waals surface area contributed by atoms with E-state index in [4.69, 9.17) is 33.0 Å². The maximum atomic E-state index is 6.35. The highest BCUT2D eigenvalue weighted by atomic mass is 35.5. The van der Waals surface area contributed by atoms with Crippen molar-refractivity contribution in [1.82, 2.24) is 34.2 Å². The SMILES string of the molecule is CC(/N=C(/Cl)N(C)CN)N1CC2(CCN(Cc3ccc(-n4c(-c5cccnc5N)nc5ccc(-c6ccccc6)nc54)cc3)CC2)C1. The zero-order valence-corrected chi connectivity index (χ0v) is 27.7. The Labute approximate surface area is 280 Å². The van der Waals surface area contributed by atoms with Gasteiger partial charge in [0.2, 0.25) is 0 Å². The predicted molar refractivity (Wildman–Crippen MR) is 190 cm³/mol. The normalized spacial score (nSPS) is 17.6. The van der Waals surface area contributed by atoms with Crippen LogP contribution in [0.4, 0.5) is 5.82 Å². The largest absolute Gasteiger partial charge is 0.383 e. The molecule has 2 aliphatic rings. The molecule has 242 valence electrons. The number of halogens is 1. The Morgan fingerprint density at radius 2 is 1.72 bits per heavy atom. The fraction of sp³-hybridized carbons (Fsp3) is 0.333. The maximum Gasteiger partial charge on any atom is 0.196 e. The first-order valence-corrected chi connectivity index (χ1v) is 16.6. The van der Waals surface area contributed by atoms with E-state index in [0.717, 1.165) is 72.2 Å². The molecule has 2 saturated heterocycles. The second-order valence-electron chi connectivity index (χ2n) is 12.9. The number of aliphatic imine (C=N–C) groups is 1. The first-order chi connectivity index (χ1) is 22.8. The van der Waals surface area contributed by atoms with Crippen LogP contribution in [0.15, 0.2) is 90.1 Å². The Hall–Kier alpha value is -4.35. The number of nitrogens with two attached hydrogens (primary N) is 2. The van der Waals surface area contributed by atoms with Crippen molar-refractivity contribution in [3.8, 4) is 28.3 Å². The van der Waals surface area contributed by atoms with Gasteiger partial charge in [-0.15, -0.1) is 0 Å². The van der Waals surface area contributed by atoms with Gasteiger partial charge in [0.25, 0.3) is 0 Å². The molecule has 3 aromatic heterocycles. The molecular formula is C36H41ClN10. The van der Waals surface area contributed by atoms with Gasteiger partial charge in [-0.1, -0.05) is 42.5 Å². The fourth-order valence-corrected chi connectivity index (χ4v) is 6.97. The monoisotopic (exact) mass is 648 g/mol. The Bertz CT molecular complexity index is 1870. The Morgan fingerprint density at radius 1 is 0.979 bits per heavy atom. The van der Waals surface area contributed by atoms with Crippen LogP contribution in [0.3, 0.4) is 0 Å². The lowest BCUT2D eigenvalue weighted by Crippen LogP contribution is -2.62. The van der Waals surface area contributed by atoms with E-state index in [-0.39, 0.29) is 6.17 Å². The van der Waals surface area contributed by atoms with Crippen LogP contribution in [-0.4, -0.2) is 85.6 Å². The minimum absolute atomic E-state index is 0.0570. The molecule has 7 rings (SSSR count). The number of anilines is 1. The summed E-state index contributed by atoms with van der Waals surface area (Å²) in [5.41, 5.74) is 19.0. The number of nitrogens with zero attached hydrogens (tertiary/aromatic N) is 8. The summed E-state index contributed by atoms with van der Waals surface area (Å²) in [6, 6.07) is 26.9. The number of hydrogen-bond donors (Lipinski definition) is 2. The molecule has 5 aromatic rings. The third kappa shape index (κ3) is 6.34. The van der Waals surface area contributed by atoms with E-state index in [9.17, 15) is 0 Å². The number of pyridine rings is 2. The number of fused-ring (bicyclic) bond motifs is 1. The van der Waals surface area contributed by atoms with Gasteiger partial charge in [-0.2, -0.15) is 0 Å². The van der Waals surface area contributed by atoms with Crippen molar-refractivity contribution in [2.45, 2.75) is 32.5 Å². The fourth-order valence-electron chi connectivity index (χ4n) is 6.76. The predicted octanol–water partition coefficient (Wildman–Crippen LogP) is 5.42. The van der Waals surface area contributed by atoms with Crippen molar-refractivity contribution in [2.24, 2.45) is 16.1 Å². The molecule has 4 N–H and O–H groups in total. The molecule has 2 aromatic carbocycles. The Morgan fingerprint density at radius 3 is 2.43 bits per heavy atom. The Kier molecular flexibility index (Phi) is 8.67. The molecule has 0 bridgehead atoms. The molecule has 0 saturated carbocycles. The summed E-state index contributed by atoms with van der Waals surface area (Å²) >= 11 is 6.31. The molecule has 10 nitrogen and oxygen atoms in total. The van der Waals surface area contributed by atoms with Crippen molar-refractivity contribution in [2.75, 3.05) is 45.6 Å². The number of rotatable bonds is 8. The second-order valence-corrected chi connectivity index (χ2v) is 13.2. The van der Waals surface area contributed by atoms with Crippen molar-refractivity contribution < 1.29 is 0 Å². The van der Waals surface area contributed by atoms with Crippen molar-refractivity contribution >= 4 is 33.9 Å². The van der Waals surface area contributed by atoms with Crippen LogP contribution in [0.25, 0.3) is 39.5 Å². The van der Waals surface area contributed by atoms with Gasteiger partial charge in [0.05, 0.1) is 17.9 Å². The second kappa shape index (κ2) is 13.0. The number of imidazole rings is 1. The van der Waals surface area contributed by atoms with Gasteiger partial charge in [-0.05, 0) is 91.8 Å². The molecule has 47 heavy (non-hydrogen) atoms. The molecule has 1 spiro atoms. The molecular weight excluding hydrogens is 608 g/mol. The van der Waals surface area contributed by atoms with Gasteiger partial charge >= 0.3 is 0 Å². The summed E-state index contributed by atoms with van der Waals surface area (Å²) in [6.45, 7) is 7.70. The maximum absolute atomic E-state index is 6.35. The average molecular weight is 649 g/mol. The van der Waals surface area contributed by atoms with Gasteiger partial charge in [0.15, 0.2) is 16.8 Å². The summed E-state index contributed by atoms with van der Waals surface area (Å²) in [7, 11) is 1.86. The highest BCUT2D eigenvalue weighted by Gasteiger charge is 2.46. The van der Waals surface area contributed by atoms with E-state index in [1.807, 2.05) is 49.5 Å². The summed E-state index contributed by atoms with van der Waals surface area (Å²) in [6.07, 6.45) is 4.15. The third-order valence-corrected chi connectivity index (χ3v) is 10.0. The summed E-state index contributed by atoms with van der Waals surface area (Å²) < 4.78 is 2.10. The van der Waals surface area contributed by atoms with Gasteiger partial charge in [-0.3, -0.25) is 14.4 Å². The summed E-state index contributed by atoms with van der Waals surface area (Å²) in [5.74, 6) is 1.16. The zero-order chi connectivity index (χ0) is 32.5. The van der Waals surface area contributed by atoms with Gasteiger partial charge in [-0.25, -0.2) is 19.9 Å². The first kappa shape index (κ1) is 31.3. The van der Waals surface area contributed by atoms with Crippen molar-refractivity contribution in [3.63, 3.8) is 0 Å². The first-order valence-electron chi connectivity index (χ1n) is 16.2. The quantitative estimate of drug-likeness (QED) is 0.0992. The number of benzene rings is 2. The summed E-state index contributed by atoms with van der Waals surface area (Å²) in [5, 5.41) is 0.466. The Balaban J connectivity index is 1.07. The molecule has 0 radical (unpaired) electrons. The molecule has 5 heterocycles. The van der Waals surface area contributed by atoms with Crippen LogP contribution in [0.2, 0.25) is 0 Å². The molecule has 1 atom stereocenters. The molecule has 0 amide bonds. The zero-order valence-electron chi connectivity index (χ0n) is 26.9. The number of hydrogen-bond acceptors (Lipinski definition) is 8. The van der Waals surface area contributed by atoms with Crippen LogP contribution < -0.4 is 11.5 Å². The molecule has 0 aliphatic carbocycles. The van der Waals surface area contributed by atoms with E-state index in [1.54, 1.807) is 11.1 Å². The van der Waals surface area contributed by atoms with Crippen LogP contribution in [0.1, 0.15) is 25.3 Å². The number of amidine groups is 1. The van der Waals surface area contributed by atoms with E-state index in [2.05, 4.69) is 67.7 Å². The van der Waals surface area contributed by atoms with Crippen LogP contribution >= 0.6 is 11.6 Å². The molecule has 11 heteroatoms. The van der Waals surface area contributed by atoms with Gasteiger partial charge in [0, 0.05) is 44.1 Å². The van der Waals surface area contributed by atoms with Crippen molar-refractivity contribution in [1.29, 1.82) is 0 Å². The van der Waals surface area contributed by atoms with Crippen LogP contribution in [0, 0.1) is 5.41 Å². The smallest absolute Gasteiger partial charge is 0.196 e. The lowest BCUT2D eigenvalue weighted by molar-refractivity contribution is -0.0652. The van der Waals surface area contributed by atoms with E-state index >= 15 is 0 Å². The van der Waals surface area contributed by atoms with Gasteiger partial charge in [0.1, 0.15) is 17.5 Å². The number of piperidine rings is 1. The van der Waals surface area contributed by atoms with Gasteiger partial charge < -0.3 is 16.4 Å². The van der Waals surface area contributed by atoms with Crippen LogP contribution in [0.5, 0.6) is 0 Å². The van der Waals surface area contributed by atoms with E-state index < -0.39 is 0 Å². The van der Waals surface area contributed by atoms with Crippen LogP contribution in [-0.2, 0) is 6.54 Å². The standard InChI is InChI=1S/C36H41ClN10/c1-25(41-35(37)44(2)24-38)46-22-36(23-46)16-19-45(20-17-36)21-26-10-12-28(13-11-26)47-33(29-9-6-18-40-32(29)39)43-31-15-14-30(42-34(31)47)27-7-4-3-5-8-27/h3-15,18,25H,16-17,19-24,38H2,1-2H3,(H2,39,40)/b41-35-. The summed E-state index contributed by atoms with van der Waals surface area (Å²) in [4.78, 5) is 25.8. The number of aromatic nitrogens is 4. The number of likely N-dealkylation sites (tertiary alicyclic amines) is 2. The van der Waals surface area contributed by atoms with E-state index in [0.29, 0.717) is 23.2 Å². The minimum atomic E-state index is 0.0570. The lowest BCUT2D eigenvalue weighted by Gasteiger charge is -2.55. The minimum Gasteiger partial charge on any atom is -0.383 e. The molecule has 2 fully saturated rings. The highest BCUT2D eigenvalue weighted by Crippen LogP contribution is 2.42. The topological polar surface area (TPSA) is 118 Å². The highest BCUT2D eigenvalue weighted by molar-refractivity contribution is 6.64. The van der Waals surface area contributed by atoms with Crippen molar-refractivity contribution in [3.05, 3.63) is 90.6 Å². The third-order valence-electron chi connectivity index (χ3n) is 9.66. The average Bonchev–Trinajstić information content (AvgIpc) is 3.46. The molecule has 1 unspecified atom stereocenters. The number of nitrogen functional groups attached to an aromatic ring is 1. The lowest BCUT2D eigenvalue weighted by atomic mass is 9.71.